The van der Waals surface area contributed by atoms with Gasteiger partial charge in [-0.2, -0.15) is 0 Å². The van der Waals surface area contributed by atoms with Gasteiger partial charge in [0.25, 0.3) is 5.91 Å². The average molecular weight is 355 g/mol. The third-order valence-corrected chi connectivity index (χ3v) is 4.83. The fourth-order valence-corrected chi connectivity index (χ4v) is 2.82. The number of benzene rings is 2. The first-order chi connectivity index (χ1) is 10.9. The Labute approximate surface area is 139 Å². The van der Waals surface area contributed by atoms with Crippen molar-refractivity contribution in [2.24, 2.45) is 0 Å². The van der Waals surface area contributed by atoms with Crippen molar-refractivity contribution >= 4 is 33.2 Å². The van der Waals surface area contributed by atoms with E-state index in [1.807, 2.05) is 0 Å². The van der Waals surface area contributed by atoms with E-state index in [9.17, 15) is 13.2 Å². The van der Waals surface area contributed by atoms with Crippen molar-refractivity contribution in [2.75, 3.05) is 19.5 Å². The number of sulfonamides is 1. The Bertz CT molecular complexity index is 837. The van der Waals surface area contributed by atoms with Crippen molar-refractivity contribution in [2.45, 2.75) is 4.90 Å². The zero-order valence-corrected chi connectivity index (χ0v) is 14.0. The van der Waals surface area contributed by atoms with Crippen LogP contribution in [0.5, 0.6) is 5.75 Å². The van der Waals surface area contributed by atoms with Gasteiger partial charge in [-0.15, -0.1) is 0 Å². The summed E-state index contributed by atoms with van der Waals surface area (Å²) in [6, 6.07) is 10.7. The molecule has 1 amide bonds. The van der Waals surface area contributed by atoms with Crippen molar-refractivity contribution in [1.29, 1.82) is 0 Å². The van der Waals surface area contributed by atoms with Gasteiger partial charge in [0.05, 0.1) is 22.6 Å². The molecule has 2 aromatic carbocycles. The number of hydrogen-bond acceptors (Lipinski definition) is 4. The number of ether oxygens (including phenoxy) is 1. The highest BCUT2D eigenvalue weighted by Gasteiger charge is 2.17. The largest absolute Gasteiger partial charge is 0.497 e. The number of amides is 1. The zero-order valence-electron chi connectivity index (χ0n) is 12.5. The van der Waals surface area contributed by atoms with Gasteiger partial charge in [0.1, 0.15) is 5.75 Å². The molecule has 0 bridgehead atoms. The molecule has 0 spiro atoms. The highest BCUT2D eigenvalue weighted by atomic mass is 35.5. The van der Waals surface area contributed by atoms with E-state index in [1.165, 1.54) is 32.4 Å². The number of carbonyl (C=O) groups excluding carboxylic acids is 1. The molecule has 6 nitrogen and oxygen atoms in total. The molecule has 23 heavy (non-hydrogen) atoms. The maximum absolute atomic E-state index is 12.4. The number of carbonyl (C=O) groups is 1. The smallest absolute Gasteiger partial charge is 0.257 e. The van der Waals surface area contributed by atoms with E-state index in [-0.39, 0.29) is 15.5 Å². The first-order valence-electron chi connectivity index (χ1n) is 6.56. The molecule has 0 unspecified atom stereocenters. The monoisotopic (exact) mass is 354 g/mol. The van der Waals surface area contributed by atoms with Gasteiger partial charge in [-0.1, -0.05) is 17.7 Å². The standard InChI is InChI=1S/C15H15ClN2O4S/c1-17-23(20,21)12-6-7-14(16)13(9-12)15(19)18-10-4-3-5-11(8-10)22-2/h3-9,17H,1-2H3,(H,18,19). The summed E-state index contributed by atoms with van der Waals surface area (Å²) in [5.41, 5.74) is 0.568. The topological polar surface area (TPSA) is 84.5 Å². The summed E-state index contributed by atoms with van der Waals surface area (Å²) < 4.78 is 30.9. The van der Waals surface area contributed by atoms with Gasteiger partial charge >= 0.3 is 0 Å². The van der Waals surface area contributed by atoms with Crippen molar-refractivity contribution in [3.8, 4) is 5.75 Å². The van der Waals surface area contributed by atoms with Gasteiger partial charge in [0.2, 0.25) is 10.0 Å². The van der Waals surface area contributed by atoms with Crippen molar-refractivity contribution < 1.29 is 17.9 Å². The second kappa shape index (κ2) is 6.99. The summed E-state index contributed by atoms with van der Waals surface area (Å²) in [4.78, 5) is 12.3. The summed E-state index contributed by atoms with van der Waals surface area (Å²) in [5, 5.41) is 2.81. The summed E-state index contributed by atoms with van der Waals surface area (Å²) in [5.74, 6) is 0.0665. The van der Waals surface area contributed by atoms with Gasteiger partial charge in [-0.25, -0.2) is 13.1 Å². The molecule has 0 atom stereocenters. The first-order valence-corrected chi connectivity index (χ1v) is 8.42. The SMILES string of the molecule is CNS(=O)(=O)c1ccc(Cl)c(C(=O)Nc2cccc(OC)c2)c1. The molecule has 0 heterocycles. The van der Waals surface area contributed by atoms with E-state index in [0.29, 0.717) is 11.4 Å². The lowest BCUT2D eigenvalue weighted by atomic mass is 10.2. The molecule has 0 radical (unpaired) electrons. The second-order valence-corrected chi connectivity index (χ2v) is 6.83. The van der Waals surface area contributed by atoms with Crippen LogP contribution < -0.4 is 14.8 Å². The maximum Gasteiger partial charge on any atom is 0.257 e. The predicted octanol–water partition coefficient (Wildman–Crippen LogP) is 2.51. The Kier molecular flexibility index (Phi) is 5.25. The zero-order chi connectivity index (χ0) is 17.0. The number of nitrogens with one attached hydrogen (secondary N) is 2. The van der Waals surface area contributed by atoms with Crippen LogP contribution in [0.25, 0.3) is 0 Å². The van der Waals surface area contributed by atoms with Crippen LogP contribution in [0.15, 0.2) is 47.4 Å². The molecule has 0 aromatic heterocycles. The molecular formula is C15H15ClN2O4S. The van der Waals surface area contributed by atoms with Crippen LogP contribution in [-0.4, -0.2) is 28.5 Å². The predicted molar refractivity (Wildman–Crippen MR) is 88.6 cm³/mol. The highest BCUT2D eigenvalue weighted by molar-refractivity contribution is 7.89. The van der Waals surface area contributed by atoms with Crippen molar-refractivity contribution in [1.82, 2.24) is 4.72 Å². The Morgan fingerprint density at radius 1 is 1.17 bits per heavy atom. The van der Waals surface area contributed by atoms with Gasteiger partial charge in [0, 0.05) is 11.8 Å². The number of methoxy groups -OCH3 is 1. The first kappa shape index (κ1) is 17.3. The molecular weight excluding hydrogens is 340 g/mol. The Morgan fingerprint density at radius 3 is 2.57 bits per heavy atom. The fourth-order valence-electron chi connectivity index (χ4n) is 1.86. The van der Waals surface area contributed by atoms with Gasteiger partial charge < -0.3 is 10.1 Å². The lowest BCUT2D eigenvalue weighted by Crippen LogP contribution is -2.20. The summed E-state index contributed by atoms with van der Waals surface area (Å²) in [7, 11) is -0.854. The van der Waals surface area contributed by atoms with E-state index in [1.54, 1.807) is 24.3 Å². The summed E-state index contributed by atoms with van der Waals surface area (Å²) in [6.45, 7) is 0. The Morgan fingerprint density at radius 2 is 1.91 bits per heavy atom. The average Bonchev–Trinajstić information content (AvgIpc) is 2.55. The number of rotatable bonds is 5. The van der Waals surface area contributed by atoms with E-state index >= 15 is 0 Å². The van der Waals surface area contributed by atoms with Crippen molar-refractivity contribution in [3.05, 3.63) is 53.1 Å². The number of halogens is 1. The van der Waals surface area contributed by atoms with Crippen LogP contribution in [0.2, 0.25) is 5.02 Å². The van der Waals surface area contributed by atoms with E-state index in [2.05, 4.69) is 10.0 Å². The minimum absolute atomic E-state index is 0.0415. The van der Waals surface area contributed by atoms with Crippen LogP contribution >= 0.6 is 11.6 Å². The fraction of sp³-hybridized carbons (Fsp3) is 0.133. The molecule has 0 saturated carbocycles. The second-order valence-electron chi connectivity index (χ2n) is 4.54. The maximum atomic E-state index is 12.4. The molecule has 2 N–H and O–H groups in total. The normalized spacial score (nSPS) is 11.1. The lowest BCUT2D eigenvalue weighted by molar-refractivity contribution is 0.102. The molecule has 2 aromatic rings. The quantitative estimate of drug-likeness (QED) is 0.864. The van der Waals surface area contributed by atoms with Gasteiger partial charge in [0.15, 0.2) is 0 Å². The summed E-state index contributed by atoms with van der Waals surface area (Å²) >= 11 is 6.01. The Hall–Kier alpha value is -2.09. The highest BCUT2D eigenvalue weighted by Crippen LogP contribution is 2.23. The van der Waals surface area contributed by atoms with Crippen molar-refractivity contribution in [3.63, 3.8) is 0 Å². The third-order valence-electron chi connectivity index (χ3n) is 3.09. The molecule has 2 rings (SSSR count). The third kappa shape index (κ3) is 4.01. The van der Waals surface area contributed by atoms with Crippen LogP contribution in [0.4, 0.5) is 5.69 Å². The van der Waals surface area contributed by atoms with E-state index < -0.39 is 15.9 Å². The van der Waals surface area contributed by atoms with Crippen LogP contribution in [-0.2, 0) is 10.0 Å². The lowest BCUT2D eigenvalue weighted by Gasteiger charge is -2.10. The van der Waals surface area contributed by atoms with Crippen LogP contribution in [0.1, 0.15) is 10.4 Å². The molecule has 0 aliphatic rings. The molecule has 0 saturated heterocycles. The molecule has 122 valence electrons. The van der Waals surface area contributed by atoms with Gasteiger partial charge in [-0.05, 0) is 37.4 Å². The minimum atomic E-state index is -3.66. The minimum Gasteiger partial charge on any atom is -0.497 e. The van der Waals surface area contributed by atoms with Crippen LogP contribution in [0, 0.1) is 0 Å². The number of anilines is 1. The number of hydrogen-bond donors (Lipinski definition) is 2. The Balaban J connectivity index is 2.33. The van der Waals surface area contributed by atoms with Crippen LogP contribution in [0.3, 0.4) is 0 Å². The molecule has 0 fully saturated rings. The van der Waals surface area contributed by atoms with Gasteiger partial charge in [-0.3, -0.25) is 4.79 Å². The molecule has 0 aliphatic carbocycles. The summed E-state index contributed by atoms with van der Waals surface area (Å²) in [6.07, 6.45) is 0. The van der Waals surface area contributed by atoms with E-state index in [4.69, 9.17) is 16.3 Å². The van der Waals surface area contributed by atoms with E-state index in [0.717, 1.165) is 0 Å². The molecule has 8 heteroatoms. The molecule has 0 aliphatic heterocycles.